The van der Waals surface area contributed by atoms with Crippen molar-refractivity contribution in [3.05, 3.63) is 0 Å². The van der Waals surface area contributed by atoms with Crippen molar-refractivity contribution in [1.29, 1.82) is 0 Å². The van der Waals surface area contributed by atoms with Crippen molar-refractivity contribution >= 4 is 5.78 Å². The quantitative estimate of drug-likeness (QED) is 0.550. The summed E-state index contributed by atoms with van der Waals surface area (Å²) in [6, 6.07) is 0. The van der Waals surface area contributed by atoms with Gasteiger partial charge in [-0.05, 0) is 7.05 Å². The van der Waals surface area contributed by atoms with E-state index < -0.39 is 0 Å². The second-order valence-corrected chi connectivity index (χ2v) is 4.18. The molecule has 1 saturated heterocycles. The number of ketones is 1. The molecule has 0 amide bonds. The van der Waals surface area contributed by atoms with Crippen LogP contribution in [0.2, 0.25) is 0 Å². The minimum Gasteiger partial charge on any atom is -0.392 e. The van der Waals surface area contributed by atoms with Crippen LogP contribution in [0.4, 0.5) is 0 Å². The maximum Gasteiger partial charge on any atom is 0.133 e. The topological polar surface area (TPSA) is 40.5 Å². The van der Waals surface area contributed by atoms with Crippen molar-refractivity contribution in [2.24, 2.45) is 11.8 Å². The zero-order valence-electron chi connectivity index (χ0n) is 7.36. The fraction of sp³-hybridized carbons (Fsp3) is 0.889. The van der Waals surface area contributed by atoms with Crippen LogP contribution in [0, 0.1) is 11.8 Å². The Morgan fingerprint density at radius 2 is 1.83 bits per heavy atom. The number of Topliss-reactive ketones (excluding diaryl/α,β-unsaturated/α-hetero) is 1. The maximum atomic E-state index is 11.2. The van der Waals surface area contributed by atoms with E-state index in [0.29, 0.717) is 18.6 Å². The highest BCUT2D eigenvalue weighted by Gasteiger charge is 2.40. The van der Waals surface area contributed by atoms with E-state index in [4.69, 9.17) is 0 Å². The van der Waals surface area contributed by atoms with Crippen LogP contribution in [-0.4, -0.2) is 42.0 Å². The molecule has 1 N–H and O–H groups in total. The van der Waals surface area contributed by atoms with Crippen LogP contribution in [-0.2, 0) is 4.79 Å². The van der Waals surface area contributed by atoms with E-state index in [-0.39, 0.29) is 17.9 Å². The fourth-order valence-corrected chi connectivity index (χ4v) is 2.51. The average molecular weight is 169 g/mol. The molecule has 2 bridgehead atoms. The molecule has 0 aromatic carbocycles. The number of piperidine rings is 1. The molecule has 2 fully saturated rings. The molecule has 2 aliphatic rings. The van der Waals surface area contributed by atoms with Crippen molar-refractivity contribution in [2.45, 2.75) is 18.9 Å². The highest BCUT2D eigenvalue weighted by molar-refractivity contribution is 5.80. The van der Waals surface area contributed by atoms with Gasteiger partial charge in [-0.3, -0.25) is 4.79 Å². The number of hydrogen-bond acceptors (Lipinski definition) is 3. The van der Waals surface area contributed by atoms with Crippen LogP contribution in [0.15, 0.2) is 0 Å². The smallest absolute Gasteiger partial charge is 0.133 e. The van der Waals surface area contributed by atoms with Gasteiger partial charge < -0.3 is 10.0 Å². The predicted octanol–water partition coefficient (Wildman–Crippen LogP) is -0.112. The van der Waals surface area contributed by atoms with Gasteiger partial charge in [0.1, 0.15) is 5.78 Å². The first kappa shape index (κ1) is 8.20. The summed E-state index contributed by atoms with van der Waals surface area (Å²) in [6.07, 6.45) is 0.947. The lowest BCUT2D eigenvalue weighted by Gasteiger charge is -2.42. The van der Waals surface area contributed by atoms with Crippen molar-refractivity contribution < 1.29 is 9.90 Å². The van der Waals surface area contributed by atoms with E-state index in [9.17, 15) is 9.90 Å². The fourth-order valence-electron chi connectivity index (χ4n) is 2.51. The number of aliphatic hydroxyl groups is 1. The molecule has 12 heavy (non-hydrogen) atoms. The van der Waals surface area contributed by atoms with E-state index in [1.54, 1.807) is 0 Å². The molecule has 0 aromatic rings. The van der Waals surface area contributed by atoms with Gasteiger partial charge in [0.25, 0.3) is 0 Å². The third kappa shape index (κ3) is 1.27. The molecule has 3 heteroatoms. The van der Waals surface area contributed by atoms with Crippen molar-refractivity contribution in [2.75, 3.05) is 20.1 Å². The molecule has 1 saturated carbocycles. The van der Waals surface area contributed by atoms with Crippen LogP contribution in [0.5, 0.6) is 0 Å². The number of fused-ring (bicyclic) bond motifs is 2. The van der Waals surface area contributed by atoms with E-state index in [1.807, 2.05) is 0 Å². The molecule has 0 aromatic heterocycles. The molecule has 1 aliphatic carbocycles. The molecule has 0 radical (unpaired) electrons. The summed E-state index contributed by atoms with van der Waals surface area (Å²) in [4.78, 5) is 13.4. The van der Waals surface area contributed by atoms with E-state index >= 15 is 0 Å². The SMILES string of the molecule is CN1CC2CC(=O)CC(C1)C2O. The first-order valence-electron chi connectivity index (χ1n) is 4.55. The van der Waals surface area contributed by atoms with Crippen LogP contribution in [0.25, 0.3) is 0 Å². The van der Waals surface area contributed by atoms with Gasteiger partial charge >= 0.3 is 0 Å². The lowest BCUT2D eigenvalue weighted by molar-refractivity contribution is -0.132. The van der Waals surface area contributed by atoms with Gasteiger partial charge in [0.15, 0.2) is 0 Å². The Kier molecular flexibility index (Phi) is 1.93. The molecule has 1 aliphatic heterocycles. The van der Waals surface area contributed by atoms with Crippen LogP contribution in [0.3, 0.4) is 0 Å². The number of hydrogen-bond donors (Lipinski definition) is 1. The number of aliphatic hydroxyl groups excluding tert-OH is 1. The summed E-state index contributed by atoms with van der Waals surface area (Å²) in [6.45, 7) is 1.76. The monoisotopic (exact) mass is 169 g/mol. The van der Waals surface area contributed by atoms with Crippen LogP contribution >= 0.6 is 0 Å². The van der Waals surface area contributed by atoms with Crippen molar-refractivity contribution in [1.82, 2.24) is 4.90 Å². The third-order valence-corrected chi connectivity index (χ3v) is 3.04. The zero-order valence-corrected chi connectivity index (χ0v) is 7.36. The largest absolute Gasteiger partial charge is 0.392 e. The van der Waals surface area contributed by atoms with Gasteiger partial charge in [-0.2, -0.15) is 0 Å². The highest BCUT2D eigenvalue weighted by atomic mass is 16.3. The molecular formula is C9H15NO2. The number of likely N-dealkylation sites (tertiary alicyclic amines) is 1. The Labute approximate surface area is 72.4 Å². The average Bonchev–Trinajstić information content (AvgIpc) is 1.94. The standard InChI is InChI=1S/C9H15NO2/c1-10-4-6-2-8(11)3-7(5-10)9(6)12/h6-7,9,12H,2-5H2,1H3. The van der Waals surface area contributed by atoms with E-state index in [2.05, 4.69) is 11.9 Å². The van der Waals surface area contributed by atoms with Crippen LogP contribution < -0.4 is 0 Å². The minimum atomic E-state index is -0.223. The Morgan fingerprint density at radius 3 is 2.33 bits per heavy atom. The molecule has 68 valence electrons. The first-order valence-corrected chi connectivity index (χ1v) is 4.55. The lowest BCUT2D eigenvalue weighted by atomic mass is 9.75. The minimum absolute atomic E-state index is 0.204. The maximum absolute atomic E-state index is 11.2. The summed E-state index contributed by atoms with van der Waals surface area (Å²) in [7, 11) is 2.06. The van der Waals surface area contributed by atoms with Gasteiger partial charge in [0.05, 0.1) is 6.10 Å². The number of rotatable bonds is 0. The van der Waals surface area contributed by atoms with Gasteiger partial charge in [-0.15, -0.1) is 0 Å². The molecule has 1 heterocycles. The first-order chi connectivity index (χ1) is 5.66. The summed E-state index contributed by atoms with van der Waals surface area (Å²) in [5, 5.41) is 9.75. The zero-order chi connectivity index (χ0) is 8.72. The Morgan fingerprint density at radius 1 is 1.33 bits per heavy atom. The van der Waals surface area contributed by atoms with E-state index in [1.165, 1.54) is 0 Å². The molecule has 2 rings (SSSR count). The lowest BCUT2D eigenvalue weighted by Crippen LogP contribution is -2.52. The Balaban J connectivity index is 2.13. The van der Waals surface area contributed by atoms with Gasteiger partial charge in [0, 0.05) is 37.8 Å². The Hall–Kier alpha value is -0.410. The van der Waals surface area contributed by atoms with Crippen LogP contribution in [0.1, 0.15) is 12.8 Å². The summed E-state index contributed by atoms with van der Waals surface area (Å²) in [5.41, 5.74) is 0. The summed E-state index contributed by atoms with van der Waals surface area (Å²) in [5.74, 6) is 0.744. The number of nitrogens with zero attached hydrogens (tertiary/aromatic N) is 1. The Bertz CT molecular complexity index is 187. The van der Waals surface area contributed by atoms with Gasteiger partial charge in [0.2, 0.25) is 0 Å². The highest BCUT2D eigenvalue weighted by Crippen LogP contribution is 2.32. The number of carbonyl (C=O) groups excluding carboxylic acids is 1. The molecular weight excluding hydrogens is 154 g/mol. The van der Waals surface area contributed by atoms with Gasteiger partial charge in [-0.25, -0.2) is 0 Å². The molecule has 2 unspecified atom stereocenters. The second kappa shape index (κ2) is 2.82. The van der Waals surface area contributed by atoms with Gasteiger partial charge in [-0.1, -0.05) is 0 Å². The second-order valence-electron chi connectivity index (χ2n) is 4.18. The molecule has 2 atom stereocenters. The van der Waals surface area contributed by atoms with Crippen molar-refractivity contribution in [3.63, 3.8) is 0 Å². The molecule has 0 spiro atoms. The third-order valence-electron chi connectivity index (χ3n) is 3.04. The van der Waals surface area contributed by atoms with E-state index in [0.717, 1.165) is 13.1 Å². The predicted molar refractivity (Wildman–Crippen MR) is 44.7 cm³/mol. The normalized spacial score (nSPS) is 43.2. The summed E-state index contributed by atoms with van der Waals surface area (Å²) < 4.78 is 0. The number of carbonyl (C=O) groups is 1. The summed E-state index contributed by atoms with van der Waals surface area (Å²) >= 11 is 0. The van der Waals surface area contributed by atoms with Crippen molar-refractivity contribution in [3.8, 4) is 0 Å². The molecule has 3 nitrogen and oxygen atoms in total.